The van der Waals surface area contributed by atoms with Gasteiger partial charge in [0.25, 0.3) is 5.91 Å². The topological polar surface area (TPSA) is 95.1 Å². The molecule has 0 fully saturated rings. The van der Waals surface area contributed by atoms with Gasteiger partial charge in [-0.15, -0.1) is 0 Å². The molecule has 0 bridgehead atoms. The van der Waals surface area contributed by atoms with Gasteiger partial charge in [0.15, 0.2) is 0 Å². The molecule has 8 heteroatoms. The Morgan fingerprint density at radius 2 is 1.87 bits per heavy atom. The van der Waals surface area contributed by atoms with Gasteiger partial charge in [-0.2, -0.15) is 4.98 Å². The average Bonchev–Trinajstić information content (AvgIpc) is 2.83. The van der Waals surface area contributed by atoms with Gasteiger partial charge in [0.2, 0.25) is 5.95 Å². The molecule has 0 aliphatic heterocycles. The van der Waals surface area contributed by atoms with Crippen LogP contribution in [-0.4, -0.2) is 52.4 Å². The number of aryl methyl sites for hydroxylation is 1. The van der Waals surface area contributed by atoms with E-state index in [0.717, 1.165) is 30.8 Å². The van der Waals surface area contributed by atoms with Crippen LogP contribution in [0.15, 0.2) is 42.6 Å². The fourth-order valence-electron chi connectivity index (χ4n) is 4.80. The Balaban J connectivity index is 1.59. The van der Waals surface area contributed by atoms with Crippen LogP contribution in [0.25, 0.3) is 0 Å². The van der Waals surface area contributed by atoms with Gasteiger partial charge >= 0.3 is 0 Å². The summed E-state index contributed by atoms with van der Waals surface area (Å²) in [6.07, 6.45) is 4.94. The molecule has 3 aromatic rings. The largest absolute Gasteiger partial charge is 0.350 e. The lowest BCUT2D eigenvalue weighted by Crippen LogP contribution is -2.31. The van der Waals surface area contributed by atoms with Crippen LogP contribution in [0.3, 0.4) is 0 Å². The fourth-order valence-corrected chi connectivity index (χ4v) is 4.80. The molecule has 1 aliphatic carbocycles. The summed E-state index contributed by atoms with van der Waals surface area (Å²) in [6.45, 7) is 11.3. The van der Waals surface area contributed by atoms with E-state index in [9.17, 15) is 4.79 Å². The van der Waals surface area contributed by atoms with E-state index in [-0.39, 0.29) is 17.4 Å². The lowest BCUT2D eigenvalue weighted by molar-refractivity contribution is 0.0943. The standard InChI is InChI=1S/C30H41N7O/c1-19(2)32-28(38)24-17-31-29(36-27(24)35-26-10-8-9-25(34-26)30(3,4)5)33-23-14-13-21-15-20(18-37(6)7)11-12-22(21)16-23/h8-10,13-14,16-17,19-20H,11-12,15,18H2,1-7H3,(H,32,38)(H2,31,33,34,35,36). The van der Waals surface area contributed by atoms with Crippen molar-refractivity contribution in [1.29, 1.82) is 0 Å². The molecule has 0 spiro atoms. The van der Waals surface area contributed by atoms with E-state index in [1.54, 1.807) is 6.20 Å². The molecule has 0 saturated heterocycles. The zero-order chi connectivity index (χ0) is 27.4. The molecule has 1 aromatic carbocycles. The van der Waals surface area contributed by atoms with E-state index in [1.807, 2.05) is 32.0 Å². The summed E-state index contributed by atoms with van der Waals surface area (Å²) >= 11 is 0. The number of rotatable bonds is 8. The number of carbonyl (C=O) groups excluding carboxylic acids is 1. The van der Waals surface area contributed by atoms with Crippen LogP contribution in [0.4, 0.5) is 23.3 Å². The van der Waals surface area contributed by atoms with Crippen LogP contribution < -0.4 is 16.0 Å². The summed E-state index contributed by atoms with van der Waals surface area (Å²) < 4.78 is 0. The Bertz CT molecular complexity index is 1280. The number of aromatic nitrogens is 3. The minimum atomic E-state index is -0.234. The highest BCUT2D eigenvalue weighted by atomic mass is 16.1. The van der Waals surface area contributed by atoms with Gasteiger partial charge < -0.3 is 20.9 Å². The summed E-state index contributed by atoms with van der Waals surface area (Å²) in [6, 6.07) is 12.3. The Morgan fingerprint density at radius 1 is 1.08 bits per heavy atom. The van der Waals surface area contributed by atoms with Crippen LogP contribution in [0, 0.1) is 5.92 Å². The summed E-state index contributed by atoms with van der Waals surface area (Å²) in [5.74, 6) is 1.91. The van der Waals surface area contributed by atoms with Crippen molar-refractivity contribution in [2.75, 3.05) is 31.3 Å². The van der Waals surface area contributed by atoms with Crippen LogP contribution in [0.2, 0.25) is 0 Å². The number of fused-ring (bicyclic) bond motifs is 1. The number of carbonyl (C=O) groups is 1. The van der Waals surface area contributed by atoms with Gasteiger partial charge in [0.05, 0.1) is 0 Å². The lowest BCUT2D eigenvalue weighted by Gasteiger charge is -2.27. The molecule has 0 radical (unpaired) electrons. The van der Waals surface area contributed by atoms with Gasteiger partial charge in [-0.25, -0.2) is 9.97 Å². The van der Waals surface area contributed by atoms with Crippen molar-refractivity contribution in [1.82, 2.24) is 25.2 Å². The number of hydrogen-bond acceptors (Lipinski definition) is 7. The summed E-state index contributed by atoms with van der Waals surface area (Å²) in [7, 11) is 4.28. The van der Waals surface area contributed by atoms with Gasteiger partial charge in [-0.1, -0.05) is 32.9 Å². The first-order valence-electron chi connectivity index (χ1n) is 13.4. The third-order valence-corrected chi connectivity index (χ3v) is 6.63. The quantitative estimate of drug-likeness (QED) is 0.367. The highest BCUT2D eigenvalue weighted by Gasteiger charge is 2.21. The van der Waals surface area contributed by atoms with Crippen molar-refractivity contribution in [2.24, 2.45) is 5.92 Å². The minimum Gasteiger partial charge on any atom is -0.350 e. The van der Waals surface area contributed by atoms with Crippen molar-refractivity contribution >= 4 is 29.2 Å². The van der Waals surface area contributed by atoms with Gasteiger partial charge in [0, 0.05) is 35.6 Å². The van der Waals surface area contributed by atoms with E-state index in [0.29, 0.717) is 29.1 Å². The van der Waals surface area contributed by atoms with Crippen LogP contribution in [0.5, 0.6) is 0 Å². The summed E-state index contributed by atoms with van der Waals surface area (Å²) in [4.78, 5) is 29.1. The zero-order valence-corrected chi connectivity index (χ0v) is 23.7. The number of hydrogen-bond donors (Lipinski definition) is 3. The number of anilines is 4. The molecule has 0 saturated carbocycles. The Kier molecular flexibility index (Phi) is 8.31. The van der Waals surface area contributed by atoms with Crippen molar-refractivity contribution < 1.29 is 4.79 Å². The van der Waals surface area contributed by atoms with Gasteiger partial charge in [-0.3, -0.25) is 4.79 Å². The predicted octanol–water partition coefficient (Wildman–Crippen LogP) is 5.46. The Morgan fingerprint density at radius 3 is 2.58 bits per heavy atom. The number of amides is 1. The van der Waals surface area contributed by atoms with Crippen molar-refractivity contribution in [3.8, 4) is 0 Å². The first kappa shape index (κ1) is 27.5. The maximum atomic E-state index is 12.9. The molecule has 1 aliphatic rings. The van der Waals surface area contributed by atoms with E-state index < -0.39 is 0 Å². The SMILES string of the molecule is CC(C)NC(=O)c1cnc(Nc2ccc3c(c2)CCC(CN(C)C)C3)nc1Nc1cccc(C(C)(C)C)n1. The Hall–Kier alpha value is -3.52. The highest BCUT2D eigenvalue weighted by Crippen LogP contribution is 2.30. The number of nitrogens with zero attached hydrogens (tertiary/aromatic N) is 4. The maximum Gasteiger partial charge on any atom is 0.256 e. The first-order chi connectivity index (χ1) is 18.0. The second kappa shape index (κ2) is 11.5. The van der Waals surface area contributed by atoms with Crippen molar-refractivity contribution in [3.63, 3.8) is 0 Å². The summed E-state index contributed by atoms with van der Waals surface area (Å²) in [5, 5.41) is 9.55. The third-order valence-electron chi connectivity index (χ3n) is 6.63. The number of nitrogens with one attached hydrogen (secondary N) is 3. The molecule has 1 atom stereocenters. The van der Waals surface area contributed by atoms with Crippen molar-refractivity contribution in [3.05, 3.63) is 65.0 Å². The third kappa shape index (κ3) is 7.07. The second-order valence-electron chi connectivity index (χ2n) is 11.8. The van der Waals surface area contributed by atoms with E-state index in [1.165, 1.54) is 17.5 Å². The molecule has 1 amide bonds. The van der Waals surface area contributed by atoms with Crippen LogP contribution >= 0.6 is 0 Å². The highest BCUT2D eigenvalue weighted by molar-refractivity contribution is 5.99. The minimum absolute atomic E-state index is 0.0108. The molecule has 1 unspecified atom stereocenters. The van der Waals surface area contributed by atoms with E-state index >= 15 is 0 Å². The van der Waals surface area contributed by atoms with E-state index in [2.05, 4.69) is 78.9 Å². The molecular weight excluding hydrogens is 474 g/mol. The molecular formula is C30H41N7O. The summed E-state index contributed by atoms with van der Waals surface area (Å²) in [5.41, 5.74) is 4.94. The van der Waals surface area contributed by atoms with Crippen molar-refractivity contribution in [2.45, 2.75) is 65.3 Å². The molecule has 8 nitrogen and oxygen atoms in total. The predicted molar refractivity (Wildman–Crippen MR) is 155 cm³/mol. The lowest BCUT2D eigenvalue weighted by atomic mass is 9.83. The fraction of sp³-hybridized carbons (Fsp3) is 0.467. The maximum absolute atomic E-state index is 12.9. The molecule has 2 aromatic heterocycles. The number of pyridine rings is 1. The molecule has 4 rings (SSSR count). The number of benzene rings is 1. The smallest absolute Gasteiger partial charge is 0.256 e. The van der Waals surface area contributed by atoms with Gasteiger partial charge in [-0.05, 0) is 88.5 Å². The van der Waals surface area contributed by atoms with Gasteiger partial charge in [0.1, 0.15) is 17.2 Å². The Labute approximate surface area is 226 Å². The molecule has 38 heavy (non-hydrogen) atoms. The van der Waals surface area contributed by atoms with Crippen LogP contribution in [-0.2, 0) is 18.3 Å². The second-order valence-corrected chi connectivity index (χ2v) is 11.8. The zero-order valence-electron chi connectivity index (χ0n) is 23.7. The van der Waals surface area contributed by atoms with E-state index in [4.69, 9.17) is 9.97 Å². The first-order valence-corrected chi connectivity index (χ1v) is 13.4. The molecule has 202 valence electrons. The molecule has 3 N–H and O–H groups in total. The van der Waals surface area contributed by atoms with Crippen LogP contribution in [0.1, 0.15) is 68.2 Å². The monoisotopic (exact) mass is 515 g/mol. The average molecular weight is 516 g/mol. The normalized spacial score (nSPS) is 15.3. The molecule has 2 heterocycles.